The van der Waals surface area contributed by atoms with Gasteiger partial charge in [0.15, 0.2) is 0 Å². The third-order valence-electron chi connectivity index (χ3n) is 4.54. The van der Waals surface area contributed by atoms with E-state index in [1.165, 1.54) is 37.8 Å². The van der Waals surface area contributed by atoms with E-state index in [0.29, 0.717) is 18.5 Å². The second-order valence-electron chi connectivity index (χ2n) is 5.95. The number of carbonyl (C=O) groups is 1. The molecule has 0 radical (unpaired) electrons. The summed E-state index contributed by atoms with van der Waals surface area (Å²) in [5, 5.41) is 6.36. The number of halogens is 2. The van der Waals surface area contributed by atoms with Crippen LogP contribution in [0, 0.1) is 11.7 Å². The molecule has 1 amide bonds. The van der Waals surface area contributed by atoms with Crippen molar-refractivity contribution in [3.8, 4) is 0 Å². The molecular weight excluding hydrogens is 291 g/mol. The molecule has 1 aliphatic heterocycles. The van der Waals surface area contributed by atoms with Crippen LogP contribution in [0.2, 0.25) is 0 Å². The molecule has 116 valence electrons. The Hall–Kier alpha value is -1.13. The first-order valence-electron chi connectivity index (χ1n) is 7.50. The van der Waals surface area contributed by atoms with E-state index in [4.69, 9.17) is 0 Å². The molecule has 2 N–H and O–H groups in total. The Kier molecular flexibility index (Phi) is 5.59. The lowest BCUT2D eigenvalue weighted by Crippen LogP contribution is -2.42. The number of nitrogens with one attached hydrogen (secondary N) is 2. The quantitative estimate of drug-likeness (QED) is 0.901. The Morgan fingerprint density at radius 3 is 2.90 bits per heavy atom. The van der Waals surface area contributed by atoms with Gasteiger partial charge in [0.1, 0.15) is 5.82 Å². The smallest absolute Gasteiger partial charge is 0.237 e. The first-order valence-corrected chi connectivity index (χ1v) is 7.50. The fraction of sp³-hybridized carbons (Fsp3) is 0.562. The van der Waals surface area contributed by atoms with E-state index in [2.05, 4.69) is 10.6 Å². The van der Waals surface area contributed by atoms with E-state index in [1.54, 1.807) is 6.07 Å². The van der Waals surface area contributed by atoms with E-state index in [-0.39, 0.29) is 30.2 Å². The van der Waals surface area contributed by atoms with Gasteiger partial charge in [-0.1, -0.05) is 25.0 Å². The standard InChI is InChI=1S/C16H21FN2O.ClH/c17-13-6-3-4-11(8-13)10-18-16(20)15-9-12-5-1-2-7-14(12)19-15;/h3-4,6,8,12,14-15,19H,1-2,5,7,9-10H2,(H,18,20);1H. The van der Waals surface area contributed by atoms with Gasteiger partial charge >= 0.3 is 0 Å². The molecule has 1 aromatic carbocycles. The minimum Gasteiger partial charge on any atom is -0.351 e. The molecule has 1 saturated carbocycles. The van der Waals surface area contributed by atoms with Gasteiger partial charge in [-0.3, -0.25) is 4.79 Å². The third-order valence-corrected chi connectivity index (χ3v) is 4.54. The number of hydrogen-bond acceptors (Lipinski definition) is 2. The van der Waals surface area contributed by atoms with Crippen LogP contribution in [0.5, 0.6) is 0 Å². The van der Waals surface area contributed by atoms with Crippen LogP contribution < -0.4 is 10.6 Å². The average Bonchev–Trinajstić information content (AvgIpc) is 2.89. The summed E-state index contributed by atoms with van der Waals surface area (Å²) in [7, 11) is 0. The topological polar surface area (TPSA) is 41.1 Å². The summed E-state index contributed by atoms with van der Waals surface area (Å²) >= 11 is 0. The van der Waals surface area contributed by atoms with E-state index >= 15 is 0 Å². The SMILES string of the molecule is Cl.O=C(NCc1cccc(F)c1)C1CC2CCCCC2N1. The van der Waals surface area contributed by atoms with Crippen LogP contribution in [0.3, 0.4) is 0 Å². The van der Waals surface area contributed by atoms with Gasteiger partial charge in [0.2, 0.25) is 5.91 Å². The summed E-state index contributed by atoms with van der Waals surface area (Å²) in [6.07, 6.45) is 5.94. The van der Waals surface area contributed by atoms with Crippen molar-refractivity contribution in [1.82, 2.24) is 10.6 Å². The van der Waals surface area contributed by atoms with Gasteiger partial charge in [0.25, 0.3) is 0 Å². The van der Waals surface area contributed by atoms with Gasteiger partial charge in [-0.15, -0.1) is 12.4 Å². The Labute approximate surface area is 131 Å². The Bertz CT molecular complexity index is 483. The first kappa shape index (κ1) is 16.2. The summed E-state index contributed by atoms with van der Waals surface area (Å²) in [5.41, 5.74) is 0.800. The molecule has 3 unspecified atom stereocenters. The lowest BCUT2D eigenvalue weighted by Gasteiger charge is -2.24. The van der Waals surface area contributed by atoms with Crippen LogP contribution in [0.1, 0.15) is 37.7 Å². The second kappa shape index (κ2) is 7.23. The van der Waals surface area contributed by atoms with Crippen LogP contribution in [-0.4, -0.2) is 18.0 Å². The third kappa shape index (κ3) is 3.95. The maximum absolute atomic E-state index is 13.1. The van der Waals surface area contributed by atoms with Crippen molar-refractivity contribution in [2.75, 3.05) is 0 Å². The van der Waals surface area contributed by atoms with Crippen molar-refractivity contribution in [2.45, 2.75) is 50.7 Å². The van der Waals surface area contributed by atoms with Gasteiger partial charge in [0.05, 0.1) is 6.04 Å². The molecule has 1 heterocycles. The summed E-state index contributed by atoms with van der Waals surface area (Å²) < 4.78 is 13.1. The predicted molar refractivity (Wildman–Crippen MR) is 82.8 cm³/mol. The number of amides is 1. The van der Waals surface area contributed by atoms with Crippen molar-refractivity contribution >= 4 is 18.3 Å². The summed E-state index contributed by atoms with van der Waals surface area (Å²) in [4.78, 5) is 12.2. The lowest BCUT2D eigenvalue weighted by molar-refractivity contribution is -0.123. The molecule has 5 heteroatoms. The number of fused-ring (bicyclic) bond motifs is 1. The van der Waals surface area contributed by atoms with Crippen LogP contribution in [0.25, 0.3) is 0 Å². The fourth-order valence-corrected chi connectivity index (χ4v) is 3.48. The normalized spacial score (nSPS) is 27.6. The van der Waals surface area contributed by atoms with Gasteiger partial charge in [0, 0.05) is 12.6 Å². The van der Waals surface area contributed by atoms with Crippen molar-refractivity contribution in [3.05, 3.63) is 35.6 Å². The molecule has 0 bridgehead atoms. The molecule has 3 nitrogen and oxygen atoms in total. The van der Waals surface area contributed by atoms with Crippen molar-refractivity contribution in [2.24, 2.45) is 5.92 Å². The van der Waals surface area contributed by atoms with Gasteiger partial charge < -0.3 is 10.6 Å². The lowest BCUT2D eigenvalue weighted by atomic mass is 9.85. The highest BCUT2D eigenvalue weighted by Gasteiger charge is 2.37. The fourth-order valence-electron chi connectivity index (χ4n) is 3.48. The molecule has 1 saturated heterocycles. The van der Waals surface area contributed by atoms with Crippen LogP contribution in [0.4, 0.5) is 4.39 Å². The highest BCUT2D eigenvalue weighted by atomic mass is 35.5. The van der Waals surface area contributed by atoms with Crippen LogP contribution >= 0.6 is 12.4 Å². The largest absolute Gasteiger partial charge is 0.351 e. The zero-order valence-corrected chi connectivity index (χ0v) is 12.8. The van der Waals surface area contributed by atoms with Gasteiger partial charge in [-0.05, 0) is 42.9 Å². The van der Waals surface area contributed by atoms with E-state index in [0.717, 1.165) is 12.0 Å². The van der Waals surface area contributed by atoms with Crippen molar-refractivity contribution in [1.29, 1.82) is 0 Å². The van der Waals surface area contributed by atoms with E-state index in [1.807, 2.05) is 6.07 Å². The summed E-state index contributed by atoms with van der Waals surface area (Å²) in [5.74, 6) is 0.444. The molecule has 1 aliphatic carbocycles. The maximum atomic E-state index is 13.1. The molecular formula is C16H22ClFN2O. The predicted octanol–water partition coefficient (Wildman–Crippen LogP) is 2.78. The van der Waals surface area contributed by atoms with E-state index < -0.39 is 0 Å². The van der Waals surface area contributed by atoms with Crippen molar-refractivity contribution < 1.29 is 9.18 Å². The molecule has 1 aromatic rings. The molecule has 3 atom stereocenters. The number of hydrogen-bond donors (Lipinski definition) is 2. The minimum absolute atomic E-state index is 0. The number of carbonyl (C=O) groups excluding carboxylic acids is 1. The number of benzene rings is 1. The molecule has 3 rings (SSSR count). The molecule has 0 spiro atoms. The highest BCUT2D eigenvalue weighted by molar-refractivity contribution is 5.85. The number of rotatable bonds is 3. The summed E-state index contributed by atoms with van der Waals surface area (Å²) in [6, 6.07) is 6.81. The maximum Gasteiger partial charge on any atom is 0.237 e. The van der Waals surface area contributed by atoms with Crippen LogP contribution in [0.15, 0.2) is 24.3 Å². The van der Waals surface area contributed by atoms with Crippen LogP contribution in [-0.2, 0) is 11.3 Å². The Morgan fingerprint density at radius 2 is 2.14 bits per heavy atom. The Balaban J connectivity index is 0.00000161. The molecule has 2 fully saturated rings. The zero-order chi connectivity index (χ0) is 13.9. The average molecular weight is 313 g/mol. The minimum atomic E-state index is -0.262. The monoisotopic (exact) mass is 312 g/mol. The molecule has 2 aliphatic rings. The zero-order valence-electron chi connectivity index (χ0n) is 12.0. The van der Waals surface area contributed by atoms with Crippen molar-refractivity contribution in [3.63, 3.8) is 0 Å². The second-order valence-corrected chi connectivity index (χ2v) is 5.95. The van der Waals surface area contributed by atoms with E-state index in [9.17, 15) is 9.18 Å². The summed E-state index contributed by atoms with van der Waals surface area (Å²) in [6.45, 7) is 0.393. The van der Waals surface area contributed by atoms with Gasteiger partial charge in [-0.2, -0.15) is 0 Å². The van der Waals surface area contributed by atoms with Gasteiger partial charge in [-0.25, -0.2) is 4.39 Å². The highest BCUT2D eigenvalue weighted by Crippen LogP contribution is 2.33. The first-order chi connectivity index (χ1) is 9.72. The molecule has 0 aromatic heterocycles. The Morgan fingerprint density at radius 1 is 1.33 bits per heavy atom. The molecule has 21 heavy (non-hydrogen) atoms.